The Bertz CT molecular complexity index is 658. The Morgan fingerprint density at radius 1 is 1.14 bits per heavy atom. The van der Waals surface area contributed by atoms with Gasteiger partial charge in [-0.15, -0.1) is 0 Å². The zero-order valence-corrected chi connectivity index (χ0v) is 13.3. The summed E-state index contributed by atoms with van der Waals surface area (Å²) in [7, 11) is 1.93. The van der Waals surface area contributed by atoms with Gasteiger partial charge in [0.15, 0.2) is 0 Å². The second-order valence-electron chi connectivity index (χ2n) is 4.96. The van der Waals surface area contributed by atoms with Crippen LogP contribution in [0.25, 0.3) is 0 Å². The molecule has 0 bridgehead atoms. The first-order valence-electron chi connectivity index (χ1n) is 6.52. The first kappa shape index (κ1) is 15.7. The quantitative estimate of drug-likeness (QED) is 0.641. The maximum absolute atomic E-state index is 14.2. The molecule has 0 aliphatic heterocycles. The van der Waals surface area contributed by atoms with Crippen LogP contribution in [-0.2, 0) is 13.1 Å². The predicted molar refractivity (Wildman–Crippen MR) is 86.7 cm³/mol. The maximum Gasteiger partial charge on any atom is 0.138 e. The van der Waals surface area contributed by atoms with Gasteiger partial charge >= 0.3 is 0 Å². The minimum absolute atomic E-state index is 0.154. The lowest BCUT2D eigenvalue weighted by Crippen LogP contribution is -2.20. The summed E-state index contributed by atoms with van der Waals surface area (Å²) in [5.74, 6) is -0.660. The first-order valence-corrected chi connectivity index (χ1v) is 7.32. The van der Waals surface area contributed by atoms with Gasteiger partial charge in [0.25, 0.3) is 0 Å². The molecule has 0 spiro atoms. The van der Waals surface area contributed by atoms with Crippen LogP contribution in [0, 0.1) is 11.2 Å². The van der Waals surface area contributed by atoms with Crippen LogP contribution in [-0.4, -0.2) is 17.8 Å². The molecule has 0 aromatic heterocycles. The number of halogens is 2. The van der Waals surface area contributed by atoms with Gasteiger partial charge < -0.3 is 5.73 Å². The fourth-order valence-electron chi connectivity index (χ4n) is 2.17. The molecule has 2 aromatic rings. The second kappa shape index (κ2) is 6.83. The Hall–Kier alpha value is -1.72. The molecule has 2 aromatic carbocycles. The summed E-state index contributed by atoms with van der Waals surface area (Å²) in [5.41, 5.74) is 7.22. The lowest BCUT2D eigenvalue weighted by atomic mass is 10.1. The van der Waals surface area contributed by atoms with Crippen molar-refractivity contribution >= 4 is 21.8 Å². The molecular formula is C16H17BrFN3. The Labute approximate surface area is 132 Å². The van der Waals surface area contributed by atoms with Crippen molar-refractivity contribution in [2.24, 2.45) is 5.73 Å². The average Bonchev–Trinajstić information content (AvgIpc) is 2.43. The van der Waals surface area contributed by atoms with E-state index in [1.165, 1.54) is 6.07 Å². The van der Waals surface area contributed by atoms with Crippen molar-refractivity contribution in [1.82, 2.24) is 4.90 Å². The van der Waals surface area contributed by atoms with E-state index >= 15 is 0 Å². The highest BCUT2D eigenvalue weighted by atomic mass is 79.9. The van der Waals surface area contributed by atoms with Crippen LogP contribution in [0.2, 0.25) is 0 Å². The van der Waals surface area contributed by atoms with Gasteiger partial charge in [-0.2, -0.15) is 0 Å². The van der Waals surface area contributed by atoms with Crippen molar-refractivity contribution in [2.75, 3.05) is 7.05 Å². The normalized spacial score (nSPS) is 10.9. The SMILES string of the molecule is CN(Cc1ccccc1Br)Cc1cccc(C(=N)N)c1F. The fourth-order valence-corrected chi connectivity index (χ4v) is 2.58. The standard InChI is InChI=1S/C16H17BrFN3/c1-21(9-11-5-2-3-8-14(11)17)10-12-6-4-7-13(15(12)18)16(19)20/h2-8H,9-10H2,1H3,(H3,19,20). The van der Waals surface area contributed by atoms with E-state index in [1.54, 1.807) is 12.1 Å². The van der Waals surface area contributed by atoms with E-state index in [9.17, 15) is 4.39 Å². The second-order valence-corrected chi connectivity index (χ2v) is 5.81. The summed E-state index contributed by atoms with van der Waals surface area (Å²) < 4.78 is 15.3. The highest BCUT2D eigenvalue weighted by Gasteiger charge is 2.12. The van der Waals surface area contributed by atoms with Gasteiger partial charge in [0.1, 0.15) is 11.7 Å². The van der Waals surface area contributed by atoms with Crippen molar-refractivity contribution in [3.63, 3.8) is 0 Å². The van der Waals surface area contributed by atoms with Crippen LogP contribution < -0.4 is 5.73 Å². The van der Waals surface area contributed by atoms with E-state index in [0.29, 0.717) is 18.7 Å². The average molecular weight is 350 g/mol. The molecule has 2 rings (SSSR count). The van der Waals surface area contributed by atoms with E-state index in [0.717, 1.165) is 10.0 Å². The van der Waals surface area contributed by atoms with Gasteiger partial charge in [0.2, 0.25) is 0 Å². The minimum Gasteiger partial charge on any atom is -0.384 e. The van der Waals surface area contributed by atoms with Crippen molar-refractivity contribution in [1.29, 1.82) is 5.41 Å². The molecule has 110 valence electrons. The molecule has 0 amide bonds. The number of hydrogen-bond donors (Lipinski definition) is 2. The summed E-state index contributed by atoms with van der Waals surface area (Å²) in [6, 6.07) is 12.9. The highest BCUT2D eigenvalue weighted by Crippen LogP contribution is 2.19. The lowest BCUT2D eigenvalue weighted by Gasteiger charge is -2.18. The molecule has 5 heteroatoms. The number of amidine groups is 1. The van der Waals surface area contributed by atoms with Crippen LogP contribution in [0.3, 0.4) is 0 Å². The van der Waals surface area contributed by atoms with Crippen molar-refractivity contribution in [3.05, 3.63) is 69.4 Å². The molecule has 0 aliphatic carbocycles. The van der Waals surface area contributed by atoms with Crippen molar-refractivity contribution in [3.8, 4) is 0 Å². The minimum atomic E-state index is -0.413. The molecule has 0 aliphatic rings. The van der Waals surface area contributed by atoms with E-state index in [-0.39, 0.29) is 11.4 Å². The molecule has 0 heterocycles. The molecular weight excluding hydrogens is 333 g/mol. The van der Waals surface area contributed by atoms with Gasteiger partial charge in [-0.3, -0.25) is 10.3 Å². The number of nitrogens with one attached hydrogen (secondary N) is 1. The van der Waals surface area contributed by atoms with Crippen LogP contribution in [0.4, 0.5) is 4.39 Å². The number of benzene rings is 2. The van der Waals surface area contributed by atoms with Gasteiger partial charge in [-0.05, 0) is 24.7 Å². The summed E-state index contributed by atoms with van der Waals surface area (Å²) >= 11 is 3.51. The molecule has 0 saturated carbocycles. The third-order valence-electron chi connectivity index (χ3n) is 3.21. The van der Waals surface area contributed by atoms with Gasteiger partial charge in [-0.25, -0.2) is 4.39 Å². The topological polar surface area (TPSA) is 53.1 Å². The monoisotopic (exact) mass is 349 g/mol. The van der Waals surface area contributed by atoms with Crippen LogP contribution in [0.5, 0.6) is 0 Å². The van der Waals surface area contributed by atoms with Crippen molar-refractivity contribution in [2.45, 2.75) is 13.1 Å². The van der Waals surface area contributed by atoms with Crippen LogP contribution >= 0.6 is 15.9 Å². The number of rotatable bonds is 5. The third kappa shape index (κ3) is 3.89. The molecule has 0 fully saturated rings. The smallest absolute Gasteiger partial charge is 0.138 e. The Morgan fingerprint density at radius 2 is 1.76 bits per heavy atom. The maximum atomic E-state index is 14.2. The number of nitrogens with zero attached hydrogens (tertiary/aromatic N) is 1. The third-order valence-corrected chi connectivity index (χ3v) is 3.98. The van der Waals surface area contributed by atoms with Crippen LogP contribution in [0.1, 0.15) is 16.7 Å². The largest absolute Gasteiger partial charge is 0.384 e. The molecule has 3 N–H and O–H groups in total. The zero-order valence-electron chi connectivity index (χ0n) is 11.7. The predicted octanol–water partition coefficient (Wildman–Crippen LogP) is 3.50. The van der Waals surface area contributed by atoms with E-state index < -0.39 is 5.82 Å². The Morgan fingerprint density at radius 3 is 2.43 bits per heavy atom. The number of hydrogen-bond acceptors (Lipinski definition) is 2. The van der Waals surface area contributed by atoms with Gasteiger partial charge in [0, 0.05) is 23.1 Å². The van der Waals surface area contributed by atoms with E-state index in [1.807, 2.05) is 36.2 Å². The summed E-state index contributed by atoms with van der Waals surface area (Å²) in [6.07, 6.45) is 0. The van der Waals surface area contributed by atoms with Gasteiger partial charge in [0.05, 0.1) is 5.56 Å². The molecule has 0 radical (unpaired) electrons. The van der Waals surface area contributed by atoms with Gasteiger partial charge in [-0.1, -0.05) is 46.3 Å². The summed E-state index contributed by atoms with van der Waals surface area (Å²) in [6.45, 7) is 1.15. The summed E-state index contributed by atoms with van der Waals surface area (Å²) in [4.78, 5) is 2.02. The van der Waals surface area contributed by atoms with Crippen LogP contribution in [0.15, 0.2) is 46.9 Å². The zero-order chi connectivity index (χ0) is 15.4. The number of nitrogen functional groups attached to an aromatic ring is 1. The highest BCUT2D eigenvalue weighted by molar-refractivity contribution is 9.10. The number of nitrogens with two attached hydrogens (primary N) is 1. The molecule has 21 heavy (non-hydrogen) atoms. The Kier molecular flexibility index (Phi) is 5.09. The molecule has 0 saturated heterocycles. The Balaban J connectivity index is 2.13. The van der Waals surface area contributed by atoms with E-state index in [4.69, 9.17) is 11.1 Å². The van der Waals surface area contributed by atoms with Crippen molar-refractivity contribution < 1.29 is 4.39 Å². The summed E-state index contributed by atoms with van der Waals surface area (Å²) in [5, 5.41) is 7.38. The molecule has 3 nitrogen and oxygen atoms in total. The first-order chi connectivity index (χ1) is 9.99. The van der Waals surface area contributed by atoms with E-state index in [2.05, 4.69) is 15.9 Å². The molecule has 0 atom stereocenters. The molecule has 0 unspecified atom stereocenters. The fraction of sp³-hybridized carbons (Fsp3) is 0.188. The lowest BCUT2D eigenvalue weighted by molar-refractivity contribution is 0.313.